The first-order chi connectivity index (χ1) is 9.81. The Morgan fingerprint density at radius 1 is 1.33 bits per heavy atom. The van der Waals surface area contributed by atoms with Gasteiger partial charge in [-0.3, -0.25) is 14.8 Å². The number of rotatable bonds is 4. The van der Waals surface area contributed by atoms with E-state index in [0.717, 1.165) is 12.1 Å². The first kappa shape index (κ1) is 14.7. The molecular weight excluding hydrogens is 303 g/mol. The number of nitrogen functional groups attached to an aromatic ring is 1. The van der Waals surface area contributed by atoms with Crippen LogP contribution in [-0.4, -0.2) is 18.3 Å². The SMILES string of the molecule is Nc1ncccc1S(=O)(=O)Nc1ccc([N+](=O)[O-])c(F)c1. The number of hydrogen-bond donors (Lipinski definition) is 2. The Bertz CT molecular complexity index is 810. The minimum absolute atomic E-state index is 0.165. The van der Waals surface area contributed by atoms with E-state index in [4.69, 9.17) is 5.73 Å². The van der Waals surface area contributed by atoms with Crippen LogP contribution >= 0.6 is 0 Å². The summed E-state index contributed by atoms with van der Waals surface area (Å²) in [5.74, 6) is -1.37. The average Bonchev–Trinajstić information content (AvgIpc) is 2.38. The summed E-state index contributed by atoms with van der Waals surface area (Å²) in [6.07, 6.45) is 1.32. The maximum absolute atomic E-state index is 13.4. The molecule has 8 nitrogen and oxygen atoms in total. The number of aromatic nitrogens is 1. The largest absolute Gasteiger partial charge is 0.383 e. The highest BCUT2D eigenvalue weighted by Crippen LogP contribution is 2.24. The lowest BCUT2D eigenvalue weighted by Crippen LogP contribution is -2.15. The lowest BCUT2D eigenvalue weighted by molar-refractivity contribution is -0.387. The molecule has 0 bridgehead atoms. The van der Waals surface area contributed by atoms with E-state index in [1.807, 2.05) is 0 Å². The van der Waals surface area contributed by atoms with Gasteiger partial charge in [-0.05, 0) is 18.2 Å². The van der Waals surface area contributed by atoms with Crippen molar-refractivity contribution in [3.8, 4) is 0 Å². The second-order valence-corrected chi connectivity index (χ2v) is 5.57. The molecule has 0 aliphatic rings. The van der Waals surface area contributed by atoms with Gasteiger partial charge in [-0.25, -0.2) is 13.4 Å². The van der Waals surface area contributed by atoms with Gasteiger partial charge in [0.1, 0.15) is 10.7 Å². The summed E-state index contributed by atoms with van der Waals surface area (Å²) >= 11 is 0. The number of hydrogen-bond acceptors (Lipinski definition) is 6. The minimum Gasteiger partial charge on any atom is -0.383 e. The molecule has 0 saturated carbocycles. The Labute approximate surface area is 118 Å². The predicted octanol–water partition coefficient (Wildman–Crippen LogP) is 1.51. The van der Waals surface area contributed by atoms with E-state index in [-0.39, 0.29) is 16.4 Å². The van der Waals surface area contributed by atoms with Gasteiger partial charge < -0.3 is 5.73 Å². The van der Waals surface area contributed by atoms with Crippen molar-refractivity contribution in [2.24, 2.45) is 0 Å². The van der Waals surface area contributed by atoms with E-state index in [2.05, 4.69) is 9.71 Å². The number of anilines is 2. The van der Waals surface area contributed by atoms with Crippen LogP contribution < -0.4 is 10.5 Å². The van der Waals surface area contributed by atoms with Gasteiger partial charge in [-0.1, -0.05) is 0 Å². The molecule has 0 fully saturated rings. The zero-order valence-corrected chi connectivity index (χ0v) is 11.2. The Morgan fingerprint density at radius 2 is 2.05 bits per heavy atom. The zero-order chi connectivity index (χ0) is 15.6. The fraction of sp³-hybridized carbons (Fsp3) is 0. The van der Waals surface area contributed by atoms with Crippen molar-refractivity contribution in [3.05, 3.63) is 52.5 Å². The van der Waals surface area contributed by atoms with E-state index in [1.54, 1.807) is 0 Å². The molecule has 2 aromatic rings. The van der Waals surface area contributed by atoms with Crippen LogP contribution in [0.15, 0.2) is 41.4 Å². The third-order valence-corrected chi connectivity index (χ3v) is 3.91. The molecule has 0 unspecified atom stereocenters. The Kier molecular flexibility index (Phi) is 3.72. The first-order valence-electron chi connectivity index (χ1n) is 5.48. The Morgan fingerprint density at radius 3 is 2.62 bits per heavy atom. The number of halogens is 1. The van der Waals surface area contributed by atoms with Gasteiger partial charge in [0, 0.05) is 18.3 Å². The molecule has 10 heteroatoms. The lowest BCUT2D eigenvalue weighted by Gasteiger charge is -2.09. The fourth-order valence-electron chi connectivity index (χ4n) is 1.56. The van der Waals surface area contributed by atoms with Crippen LogP contribution in [0.25, 0.3) is 0 Å². The first-order valence-corrected chi connectivity index (χ1v) is 6.97. The molecule has 21 heavy (non-hydrogen) atoms. The van der Waals surface area contributed by atoms with E-state index < -0.39 is 26.5 Å². The highest BCUT2D eigenvalue weighted by atomic mass is 32.2. The minimum atomic E-state index is -4.07. The number of nitro groups is 1. The van der Waals surface area contributed by atoms with Gasteiger partial charge in [0.15, 0.2) is 0 Å². The van der Waals surface area contributed by atoms with Crippen LogP contribution in [-0.2, 0) is 10.0 Å². The van der Waals surface area contributed by atoms with Gasteiger partial charge in [0.2, 0.25) is 5.82 Å². The van der Waals surface area contributed by atoms with Crippen LogP contribution in [0.3, 0.4) is 0 Å². The summed E-state index contributed by atoms with van der Waals surface area (Å²) in [5, 5.41) is 10.5. The molecule has 1 aromatic carbocycles. The van der Waals surface area contributed by atoms with Crippen LogP contribution in [0.4, 0.5) is 21.6 Å². The van der Waals surface area contributed by atoms with Gasteiger partial charge in [0.25, 0.3) is 10.0 Å². The number of nitro benzene ring substituents is 1. The third kappa shape index (κ3) is 3.05. The van der Waals surface area contributed by atoms with E-state index >= 15 is 0 Å². The van der Waals surface area contributed by atoms with E-state index in [1.165, 1.54) is 18.3 Å². The van der Waals surface area contributed by atoms with Crippen molar-refractivity contribution in [3.63, 3.8) is 0 Å². The van der Waals surface area contributed by atoms with Gasteiger partial charge in [0.05, 0.1) is 10.6 Å². The van der Waals surface area contributed by atoms with Crippen molar-refractivity contribution in [2.75, 3.05) is 10.5 Å². The molecule has 110 valence electrons. The van der Waals surface area contributed by atoms with Crippen molar-refractivity contribution in [1.82, 2.24) is 4.98 Å². The highest BCUT2D eigenvalue weighted by Gasteiger charge is 2.20. The topological polar surface area (TPSA) is 128 Å². The van der Waals surface area contributed by atoms with Crippen LogP contribution in [0.1, 0.15) is 0 Å². The van der Waals surface area contributed by atoms with Crippen molar-refractivity contribution in [1.29, 1.82) is 0 Å². The summed E-state index contributed by atoms with van der Waals surface area (Å²) in [4.78, 5) is 12.9. The predicted molar refractivity (Wildman–Crippen MR) is 72.5 cm³/mol. The summed E-state index contributed by atoms with van der Waals surface area (Å²) in [6, 6.07) is 5.25. The van der Waals surface area contributed by atoms with E-state index in [9.17, 15) is 22.9 Å². The number of benzene rings is 1. The van der Waals surface area contributed by atoms with Crippen molar-refractivity contribution in [2.45, 2.75) is 4.90 Å². The highest BCUT2D eigenvalue weighted by molar-refractivity contribution is 7.92. The summed E-state index contributed by atoms with van der Waals surface area (Å²) < 4.78 is 39.6. The lowest BCUT2D eigenvalue weighted by atomic mass is 10.3. The maximum atomic E-state index is 13.4. The van der Waals surface area contributed by atoms with Crippen LogP contribution in [0.5, 0.6) is 0 Å². The molecule has 0 atom stereocenters. The molecule has 0 saturated heterocycles. The van der Waals surface area contributed by atoms with Crippen molar-refractivity contribution >= 4 is 27.2 Å². The molecule has 0 radical (unpaired) electrons. The molecular formula is C11H9FN4O4S. The van der Waals surface area contributed by atoms with E-state index in [0.29, 0.717) is 6.07 Å². The molecule has 0 aliphatic heterocycles. The zero-order valence-electron chi connectivity index (χ0n) is 10.4. The summed E-state index contributed by atoms with van der Waals surface area (Å²) in [5.41, 5.74) is 4.54. The molecule has 3 N–H and O–H groups in total. The number of nitrogens with zero attached hydrogens (tertiary/aromatic N) is 2. The smallest absolute Gasteiger partial charge is 0.304 e. The number of sulfonamides is 1. The molecule has 0 amide bonds. The molecule has 1 heterocycles. The second-order valence-electron chi connectivity index (χ2n) is 3.92. The van der Waals surface area contributed by atoms with Gasteiger partial charge in [-0.2, -0.15) is 4.39 Å². The average molecular weight is 312 g/mol. The quantitative estimate of drug-likeness (QED) is 0.650. The normalized spacial score (nSPS) is 11.1. The standard InChI is InChI=1S/C11H9FN4O4S/c12-8-6-7(3-4-9(8)16(17)18)15-21(19,20)10-2-1-5-14-11(10)13/h1-6,15H,(H2,13,14). The Balaban J connectivity index is 2.36. The summed E-state index contributed by atoms with van der Waals surface area (Å²) in [6.45, 7) is 0. The maximum Gasteiger partial charge on any atom is 0.304 e. The van der Waals surface area contributed by atoms with Gasteiger partial charge in [-0.15, -0.1) is 0 Å². The molecule has 0 spiro atoms. The van der Waals surface area contributed by atoms with Crippen LogP contribution in [0, 0.1) is 15.9 Å². The second kappa shape index (κ2) is 5.32. The van der Waals surface area contributed by atoms with Crippen molar-refractivity contribution < 1.29 is 17.7 Å². The monoisotopic (exact) mass is 312 g/mol. The number of nitrogens with one attached hydrogen (secondary N) is 1. The molecule has 2 rings (SSSR count). The molecule has 1 aromatic heterocycles. The third-order valence-electron chi connectivity index (χ3n) is 2.49. The van der Waals surface area contributed by atoms with Crippen LogP contribution in [0.2, 0.25) is 0 Å². The van der Waals surface area contributed by atoms with Gasteiger partial charge >= 0.3 is 5.69 Å². The number of nitrogens with two attached hydrogens (primary N) is 1. The molecule has 0 aliphatic carbocycles. The summed E-state index contributed by atoms with van der Waals surface area (Å²) in [7, 11) is -4.07. The number of pyridine rings is 1. The fourth-order valence-corrected chi connectivity index (χ4v) is 2.69. The Hall–Kier alpha value is -2.75.